The topological polar surface area (TPSA) is 87.6 Å². The predicted molar refractivity (Wildman–Crippen MR) is 102 cm³/mol. The maximum atomic E-state index is 12.3. The second-order valence-corrected chi connectivity index (χ2v) is 7.78. The van der Waals surface area contributed by atoms with Gasteiger partial charge in [-0.1, -0.05) is 29.3 Å². The van der Waals surface area contributed by atoms with E-state index in [0.29, 0.717) is 11.3 Å². The van der Waals surface area contributed by atoms with Gasteiger partial charge in [-0.2, -0.15) is 5.10 Å². The highest BCUT2D eigenvalue weighted by atomic mass is 79.9. The number of hydrogen-bond acceptors (Lipinski definition) is 4. The van der Waals surface area contributed by atoms with Gasteiger partial charge in [0.25, 0.3) is 15.9 Å². The molecule has 6 nitrogen and oxygen atoms in total. The molecular formula is C17H18BrN3O3S. The Labute approximate surface area is 155 Å². The number of unbranched alkanes of at least 4 members (excludes halogenated alkanes) is 1. The lowest BCUT2D eigenvalue weighted by molar-refractivity contribution is 0.0955. The zero-order valence-corrected chi connectivity index (χ0v) is 16.0. The number of anilines is 1. The Hall–Kier alpha value is -2.19. The summed E-state index contributed by atoms with van der Waals surface area (Å²) in [4.78, 5) is 12.0. The molecule has 2 rings (SSSR count). The Balaban J connectivity index is 2.04. The molecule has 0 spiro atoms. The fourth-order valence-corrected chi connectivity index (χ4v) is 3.20. The zero-order chi connectivity index (χ0) is 18.3. The van der Waals surface area contributed by atoms with Gasteiger partial charge in [0.2, 0.25) is 0 Å². The monoisotopic (exact) mass is 423 g/mol. The number of benzene rings is 2. The molecule has 0 bridgehead atoms. The number of hydrazone groups is 1. The fourth-order valence-electron chi connectivity index (χ4n) is 1.88. The molecule has 0 aromatic heterocycles. The molecule has 0 saturated carbocycles. The molecule has 2 aromatic rings. The Morgan fingerprint density at radius 2 is 1.76 bits per heavy atom. The van der Waals surface area contributed by atoms with Crippen LogP contribution in [0.2, 0.25) is 0 Å². The molecule has 0 unspecified atom stereocenters. The number of carbonyl (C=O) groups excluding carboxylic acids is 1. The van der Waals surface area contributed by atoms with Gasteiger partial charge in [-0.3, -0.25) is 9.52 Å². The number of carbonyl (C=O) groups is 1. The predicted octanol–water partition coefficient (Wildman–Crippen LogP) is 3.77. The van der Waals surface area contributed by atoms with E-state index in [1.165, 1.54) is 36.4 Å². The summed E-state index contributed by atoms with van der Waals surface area (Å²) in [7, 11) is -3.68. The minimum atomic E-state index is -3.68. The summed E-state index contributed by atoms with van der Waals surface area (Å²) in [6, 6.07) is 12.4. The summed E-state index contributed by atoms with van der Waals surface area (Å²) in [5.41, 5.74) is 3.18. The number of halogens is 1. The van der Waals surface area contributed by atoms with Crippen LogP contribution in [0.25, 0.3) is 0 Å². The molecule has 2 N–H and O–H groups in total. The van der Waals surface area contributed by atoms with Gasteiger partial charge in [0.1, 0.15) is 0 Å². The summed E-state index contributed by atoms with van der Waals surface area (Å²) in [6.07, 6.45) is 3.38. The highest BCUT2D eigenvalue weighted by molar-refractivity contribution is 9.10. The first-order valence-electron chi connectivity index (χ1n) is 7.62. The Bertz CT molecular complexity index is 848. The lowest BCUT2D eigenvalue weighted by Gasteiger charge is -2.08. The van der Waals surface area contributed by atoms with Crippen LogP contribution >= 0.6 is 15.9 Å². The van der Waals surface area contributed by atoms with E-state index < -0.39 is 10.0 Å². The van der Waals surface area contributed by atoms with Crippen LogP contribution in [-0.2, 0) is 10.0 Å². The standard InChI is InChI=1S/C17H18BrN3O3S/c1-2-3-12-19-20-17(22)13-4-8-15(9-5-13)21-25(23,24)16-10-6-14(18)7-11-16/h4-12,21H,2-3H2,1H3,(H,20,22)/b19-12+. The number of rotatable bonds is 7. The van der Waals surface area contributed by atoms with Crippen LogP contribution in [0.4, 0.5) is 5.69 Å². The highest BCUT2D eigenvalue weighted by Crippen LogP contribution is 2.19. The lowest BCUT2D eigenvalue weighted by Crippen LogP contribution is -2.17. The normalized spacial score (nSPS) is 11.4. The van der Waals surface area contributed by atoms with Crippen LogP contribution in [0.3, 0.4) is 0 Å². The van der Waals surface area contributed by atoms with Crippen molar-refractivity contribution in [3.63, 3.8) is 0 Å². The molecule has 0 fully saturated rings. The summed E-state index contributed by atoms with van der Waals surface area (Å²) >= 11 is 3.26. The first-order valence-corrected chi connectivity index (χ1v) is 9.90. The first kappa shape index (κ1) is 19.1. The van der Waals surface area contributed by atoms with Crippen molar-refractivity contribution < 1.29 is 13.2 Å². The summed E-state index contributed by atoms with van der Waals surface area (Å²) < 4.78 is 27.9. The molecule has 0 aliphatic rings. The molecule has 0 aliphatic carbocycles. The van der Waals surface area contributed by atoms with Gasteiger partial charge in [0, 0.05) is 21.9 Å². The van der Waals surface area contributed by atoms with E-state index in [-0.39, 0.29) is 10.8 Å². The Morgan fingerprint density at radius 3 is 2.36 bits per heavy atom. The molecule has 8 heteroatoms. The summed E-state index contributed by atoms with van der Waals surface area (Å²) in [5.74, 6) is -0.352. The van der Waals surface area contributed by atoms with Gasteiger partial charge in [-0.15, -0.1) is 0 Å². The van der Waals surface area contributed by atoms with Crippen LogP contribution < -0.4 is 10.1 Å². The number of hydrogen-bond donors (Lipinski definition) is 2. The van der Waals surface area contributed by atoms with Gasteiger partial charge >= 0.3 is 0 Å². The summed E-state index contributed by atoms with van der Waals surface area (Å²) in [5, 5.41) is 3.83. The van der Waals surface area contributed by atoms with Gasteiger partial charge in [0.15, 0.2) is 0 Å². The molecule has 0 aliphatic heterocycles. The van der Waals surface area contributed by atoms with Gasteiger partial charge in [-0.05, 0) is 55.0 Å². The molecule has 132 valence electrons. The molecule has 0 radical (unpaired) electrons. The quantitative estimate of drug-likeness (QED) is 0.524. The number of nitrogens with zero attached hydrogens (tertiary/aromatic N) is 1. The Kier molecular flexibility index (Phi) is 6.72. The highest BCUT2D eigenvalue weighted by Gasteiger charge is 2.14. The second-order valence-electron chi connectivity index (χ2n) is 5.18. The van der Waals surface area contributed by atoms with Gasteiger partial charge in [0.05, 0.1) is 4.90 Å². The van der Waals surface area contributed by atoms with Crippen molar-refractivity contribution in [1.29, 1.82) is 0 Å². The van der Waals surface area contributed by atoms with Crippen LogP contribution in [0.1, 0.15) is 30.1 Å². The maximum absolute atomic E-state index is 12.3. The minimum absolute atomic E-state index is 0.155. The number of sulfonamides is 1. The average Bonchev–Trinajstić information content (AvgIpc) is 2.59. The van der Waals surface area contributed by atoms with Crippen LogP contribution in [0.15, 0.2) is 63.0 Å². The van der Waals surface area contributed by atoms with Gasteiger partial charge < -0.3 is 0 Å². The molecular weight excluding hydrogens is 406 g/mol. The van der Waals surface area contributed by atoms with E-state index in [9.17, 15) is 13.2 Å². The van der Waals surface area contributed by atoms with Crippen molar-refractivity contribution in [1.82, 2.24) is 5.43 Å². The first-order chi connectivity index (χ1) is 11.9. The lowest BCUT2D eigenvalue weighted by atomic mass is 10.2. The third kappa shape index (κ3) is 5.68. The Morgan fingerprint density at radius 1 is 1.12 bits per heavy atom. The van der Waals surface area contributed by atoms with E-state index in [2.05, 4.69) is 31.2 Å². The van der Waals surface area contributed by atoms with Crippen molar-refractivity contribution in [2.24, 2.45) is 5.10 Å². The van der Waals surface area contributed by atoms with Crippen molar-refractivity contribution >= 4 is 43.8 Å². The molecule has 0 heterocycles. The number of nitrogens with one attached hydrogen (secondary N) is 2. The smallest absolute Gasteiger partial charge is 0.271 e. The molecule has 0 saturated heterocycles. The van der Waals surface area contributed by atoms with Crippen molar-refractivity contribution in [3.05, 3.63) is 58.6 Å². The van der Waals surface area contributed by atoms with Crippen LogP contribution in [0.5, 0.6) is 0 Å². The minimum Gasteiger partial charge on any atom is -0.280 e. The summed E-state index contributed by atoms with van der Waals surface area (Å²) in [6.45, 7) is 2.02. The molecule has 25 heavy (non-hydrogen) atoms. The molecule has 1 amide bonds. The number of amides is 1. The maximum Gasteiger partial charge on any atom is 0.271 e. The SMILES string of the molecule is CCC/C=N/NC(=O)c1ccc(NS(=O)(=O)c2ccc(Br)cc2)cc1. The largest absolute Gasteiger partial charge is 0.280 e. The van der Waals surface area contributed by atoms with E-state index in [0.717, 1.165) is 17.3 Å². The van der Waals surface area contributed by atoms with Gasteiger partial charge in [-0.25, -0.2) is 13.8 Å². The molecule has 2 aromatic carbocycles. The van der Waals surface area contributed by atoms with Crippen LogP contribution in [0, 0.1) is 0 Å². The second kappa shape index (κ2) is 8.77. The third-order valence-electron chi connectivity index (χ3n) is 3.20. The van der Waals surface area contributed by atoms with Crippen molar-refractivity contribution in [2.75, 3.05) is 4.72 Å². The zero-order valence-electron chi connectivity index (χ0n) is 13.6. The van der Waals surface area contributed by atoms with E-state index >= 15 is 0 Å². The van der Waals surface area contributed by atoms with Crippen molar-refractivity contribution in [2.45, 2.75) is 24.7 Å². The van der Waals surface area contributed by atoms with E-state index in [1.54, 1.807) is 18.3 Å². The van der Waals surface area contributed by atoms with E-state index in [4.69, 9.17) is 0 Å². The van der Waals surface area contributed by atoms with Crippen LogP contribution in [-0.4, -0.2) is 20.5 Å². The molecule has 0 atom stereocenters. The fraction of sp³-hybridized carbons (Fsp3) is 0.176. The van der Waals surface area contributed by atoms with Crippen molar-refractivity contribution in [3.8, 4) is 0 Å². The van der Waals surface area contributed by atoms with E-state index in [1.807, 2.05) is 6.92 Å². The third-order valence-corrected chi connectivity index (χ3v) is 5.12. The average molecular weight is 424 g/mol.